The van der Waals surface area contributed by atoms with Gasteiger partial charge in [0.1, 0.15) is 0 Å². The summed E-state index contributed by atoms with van der Waals surface area (Å²) in [5, 5.41) is 6.82. The van der Waals surface area contributed by atoms with Gasteiger partial charge in [0, 0.05) is 26.1 Å². The van der Waals surface area contributed by atoms with Crippen LogP contribution in [0.25, 0.3) is 0 Å². The van der Waals surface area contributed by atoms with Gasteiger partial charge in [0.05, 0.1) is 23.8 Å². The van der Waals surface area contributed by atoms with Gasteiger partial charge >= 0.3 is 0 Å². The van der Waals surface area contributed by atoms with Crippen LogP contribution in [0.3, 0.4) is 0 Å². The summed E-state index contributed by atoms with van der Waals surface area (Å²) in [4.78, 5) is 22.3. The molecule has 3 atom stereocenters. The van der Waals surface area contributed by atoms with Crippen molar-refractivity contribution in [3.8, 4) is 0 Å². The van der Waals surface area contributed by atoms with Crippen LogP contribution in [0.15, 0.2) is 6.33 Å². The van der Waals surface area contributed by atoms with Gasteiger partial charge in [0.25, 0.3) is 0 Å². The van der Waals surface area contributed by atoms with Crippen molar-refractivity contribution >= 4 is 5.91 Å². The summed E-state index contributed by atoms with van der Waals surface area (Å²) in [6.45, 7) is 4.80. The van der Waals surface area contributed by atoms with E-state index in [-0.39, 0.29) is 11.9 Å². The molecule has 114 valence electrons. The average molecular weight is 289 g/mol. The quantitative estimate of drug-likeness (QED) is 0.674. The highest BCUT2D eigenvalue weighted by Crippen LogP contribution is 2.30. The molecule has 1 amide bonds. The summed E-state index contributed by atoms with van der Waals surface area (Å²) >= 11 is 0. The number of carbonyl (C=O) groups excluding carboxylic acids is 1. The number of likely N-dealkylation sites (tertiary alicyclic amines) is 1. The van der Waals surface area contributed by atoms with E-state index in [1.807, 2.05) is 0 Å². The summed E-state index contributed by atoms with van der Waals surface area (Å²) < 4.78 is 0. The number of aromatic nitrogens is 2. The fourth-order valence-corrected chi connectivity index (χ4v) is 4.04. The van der Waals surface area contributed by atoms with Crippen molar-refractivity contribution < 1.29 is 4.79 Å². The van der Waals surface area contributed by atoms with E-state index in [1.54, 1.807) is 6.33 Å². The third kappa shape index (κ3) is 2.46. The van der Waals surface area contributed by atoms with Crippen LogP contribution in [-0.2, 0) is 17.8 Å². The second-order valence-electron chi connectivity index (χ2n) is 6.56. The Labute approximate surface area is 124 Å². The lowest BCUT2D eigenvalue weighted by atomic mass is 9.92. The van der Waals surface area contributed by atoms with E-state index >= 15 is 0 Å². The Morgan fingerprint density at radius 2 is 2.00 bits per heavy atom. The maximum Gasteiger partial charge on any atom is 0.240 e. The number of aromatic amines is 1. The van der Waals surface area contributed by atoms with Gasteiger partial charge in [-0.3, -0.25) is 10.1 Å². The van der Waals surface area contributed by atoms with E-state index in [4.69, 9.17) is 0 Å². The zero-order valence-electron chi connectivity index (χ0n) is 12.3. The Kier molecular flexibility index (Phi) is 3.43. The molecule has 0 radical (unpaired) electrons. The maximum atomic E-state index is 12.8. The van der Waals surface area contributed by atoms with Crippen LogP contribution < -0.4 is 10.6 Å². The van der Waals surface area contributed by atoms with Crippen molar-refractivity contribution in [3.05, 3.63) is 17.7 Å². The molecule has 4 rings (SSSR count). The molecule has 2 fully saturated rings. The van der Waals surface area contributed by atoms with Gasteiger partial charge in [-0.25, -0.2) is 4.98 Å². The largest absolute Gasteiger partial charge is 0.347 e. The molecule has 3 aliphatic rings. The number of imidazole rings is 1. The molecule has 0 saturated carbocycles. The molecule has 0 bridgehead atoms. The van der Waals surface area contributed by atoms with E-state index in [0.717, 1.165) is 44.1 Å². The number of nitrogens with one attached hydrogen (secondary N) is 3. The third-order valence-corrected chi connectivity index (χ3v) is 5.30. The van der Waals surface area contributed by atoms with Crippen molar-refractivity contribution in [3.63, 3.8) is 0 Å². The molecule has 21 heavy (non-hydrogen) atoms. The summed E-state index contributed by atoms with van der Waals surface area (Å²) in [5.74, 6) is 1.65. The van der Waals surface area contributed by atoms with E-state index in [9.17, 15) is 4.79 Å². The molecular weight excluding hydrogens is 266 g/mol. The number of amides is 1. The first kappa shape index (κ1) is 13.3. The van der Waals surface area contributed by atoms with Crippen molar-refractivity contribution in [2.24, 2.45) is 11.8 Å². The molecule has 2 saturated heterocycles. The topological polar surface area (TPSA) is 73.0 Å². The van der Waals surface area contributed by atoms with Gasteiger partial charge in [-0.1, -0.05) is 0 Å². The highest BCUT2D eigenvalue weighted by molar-refractivity contribution is 5.82. The highest BCUT2D eigenvalue weighted by Gasteiger charge is 2.38. The second-order valence-corrected chi connectivity index (χ2v) is 6.56. The first-order valence-electron chi connectivity index (χ1n) is 8.05. The molecule has 3 N–H and O–H groups in total. The lowest BCUT2D eigenvalue weighted by Crippen LogP contribution is -2.49. The number of carbonyl (C=O) groups is 1. The molecule has 4 heterocycles. The number of rotatable bonds is 1. The summed E-state index contributed by atoms with van der Waals surface area (Å²) in [5.41, 5.74) is 2.17. The Morgan fingerprint density at radius 1 is 1.24 bits per heavy atom. The number of H-pyrrole nitrogens is 1. The first-order chi connectivity index (χ1) is 10.3. The zero-order chi connectivity index (χ0) is 14.2. The highest BCUT2D eigenvalue weighted by atomic mass is 16.2. The summed E-state index contributed by atoms with van der Waals surface area (Å²) in [6.07, 6.45) is 4.84. The SMILES string of the molecule is O=C([C@@H]1Cc2nc[nH]c2CN1)N1C[C@H]2CCNCC[C@H]2C1. The monoisotopic (exact) mass is 289 g/mol. The van der Waals surface area contributed by atoms with Gasteiger partial charge in [-0.15, -0.1) is 0 Å². The molecule has 1 aromatic heterocycles. The molecule has 6 nitrogen and oxygen atoms in total. The molecular formula is C15H23N5O. The maximum absolute atomic E-state index is 12.8. The van der Waals surface area contributed by atoms with Crippen LogP contribution in [0, 0.1) is 11.8 Å². The minimum absolute atomic E-state index is 0.0961. The summed E-state index contributed by atoms with van der Waals surface area (Å²) in [6, 6.07) is -0.0961. The minimum Gasteiger partial charge on any atom is -0.347 e. The molecule has 0 aromatic carbocycles. The molecule has 0 aliphatic carbocycles. The van der Waals surface area contributed by atoms with Gasteiger partial charge in [-0.05, 0) is 37.8 Å². The van der Waals surface area contributed by atoms with Gasteiger partial charge in [-0.2, -0.15) is 0 Å². The molecule has 6 heteroatoms. The van der Waals surface area contributed by atoms with E-state index < -0.39 is 0 Å². The standard InChI is InChI=1S/C15H23N5O/c21-15(13-5-12-14(6-17-13)19-9-18-12)20-7-10-1-3-16-4-2-11(10)8-20/h9-11,13,16-17H,1-8H2,(H,18,19)/t10-,11+,13-/m0/s1. The predicted molar refractivity (Wildman–Crippen MR) is 78.6 cm³/mol. The number of nitrogens with zero attached hydrogens (tertiary/aromatic N) is 2. The van der Waals surface area contributed by atoms with Crippen molar-refractivity contribution in [2.75, 3.05) is 26.2 Å². The molecule has 0 unspecified atom stereocenters. The Morgan fingerprint density at radius 3 is 2.76 bits per heavy atom. The van der Waals surface area contributed by atoms with Crippen molar-refractivity contribution in [1.82, 2.24) is 25.5 Å². The predicted octanol–water partition coefficient (Wildman–Crippen LogP) is -0.118. The van der Waals surface area contributed by atoms with Crippen LogP contribution in [0.4, 0.5) is 0 Å². The molecule has 3 aliphatic heterocycles. The molecule has 0 spiro atoms. The summed E-state index contributed by atoms with van der Waals surface area (Å²) in [7, 11) is 0. The first-order valence-corrected chi connectivity index (χ1v) is 8.05. The number of hydrogen-bond donors (Lipinski definition) is 3. The average Bonchev–Trinajstić information content (AvgIpc) is 3.08. The number of hydrogen-bond acceptors (Lipinski definition) is 4. The van der Waals surface area contributed by atoms with Crippen LogP contribution in [0.2, 0.25) is 0 Å². The minimum atomic E-state index is -0.0961. The number of fused-ring (bicyclic) bond motifs is 2. The van der Waals surface area contributed by atoms with Crippen molar-refractivity contribution in [2.45, 2.75) is 31.8 Å². The Bertz CT molecular complexity index is 514. The van der Waals surface area contributed by atoms with E-state index in [2.05, 4.69) is 25.5 Å². The second kappa shape index (κ2) is 5.42. The third-order valence-electron chi connectivity index (χ3n) is 5.30. The Balaban J connectivity index is 1.42. The van der Waals surface area contributed by atoms with Crippen LogP contribution >= 0.6 is 0 Å². The fourth-order valence-electron chi connectivity index (χ4n) is 4.04. The van der Waals surface area contributed by atoms with Gasteiger partial charge in [0.15, 0.2) is 0 Å². The van der Waals surface area contributed by atoms with E-state index in [0.29, 0.717) is 18.3 Å². The fraction of sp³-hybridized carbons (Fsp3) is 0.733. The van der Waals surface area contributed by atoms with Gasteiger partial charge < -0.3 is 15.2 Å². The lowest BCUT2D eigenvalue weighted by Gasteiger charge is -2.27. The zero-order valence-corrected chi connectivity index (χ0v) is 12.3. The van der Waals surface area contributed by atoms with Crippen LogP contribution in [0.5, 0.6) is 0 Å². The Hall–Kier alpha value is -1.40. The lowest BCUT2D eigenvalue weighted by molar-refractivity contribution is -0.132. The van der Waals surface area contributed by atoms with E-state index in [1.165, 1.54) is 12.8 Å². The van der Waals surface area contributed by atoms with Gasteiger partial charge in [0.2, 0.25) is 5.91 Å². The smallest absolute Gasteiger partial charge is 0.240 e. The molecule has 1 aromatic rings. The normalized spacial score (nSPS) is 32.4. The van der Waals surface area contributed by atoms with Crippen molar-refractivity contribution in [1.29, 1.82) is 0 Å². The van der Waals surface area contributed by atoms with Crippen LogP contribution in [0.1, 0.15) is 24.2 Å². The van der Waals surface area contributed by atoms with Crippen LogP contribution in [-0.4, -0.2) is 53.0 Å².